The van der Waals surface area contributed by atoms with E-state index in [4.69, 9.17) is 0 Å². The number of likely N-dealkylation sites (tertiary alicyclic amines) is 1. The van der Waals surface area contributed by atoms with E-state index in [9.17, 15) is 19.1 Å². The summed E-state index contributed by atoms with van der Waals surface area (Å²) in [5.41, 5.74) is -0.489. The minimum Gasteiger partial charge on any atom is -0.506 e. The van der Waals surface area contributed by atoms with Gasteiger partial charge in [-0.2, -0.15) is 0 Å². The normalized spacial score (nSPS) is 18.8. The molecule has 1 saturated heterocycles. The van der Waals surface area contributed by atoms with Crippen molar-refractivity contribution in [3.8, 4) is 0 Å². The van der Waals surface area contributed by atoms with Gasteiger partial charge in [-0.25, -0.2) is 4.39 Å². The standard InChI is InChI=1S/C12H10FNO3/c1-14-6-9(15)10(12(14)17)11(16)7-4-2-3-5-8(7)13/h2-5,16H,6H2,1H3/b11-10-. The van der Waals surface area contributed by atoms with Gasteiger partial charge in [-0.1, -0.05) is 12.1 Å². The Kier molecular flexibility index (Phi) is 2.67. The lowest BCUT2D eigenvalue weighted by Gasteiger charge is -2.05. The number of aliphatic hydroxyl groups excluding tert-OH is 1. The molecule has 1 heterocycles. The predicted octanol–water partition coefficient (Wildman–Crippen LogP) is 1.14. The number of carbonyl (C=O) groups excluding carboxylic acids is 2. The zero-order valence-corrected chi connectivity index (χ0v) is 9.11. The topological polar surface area (TPSA) is 57.6 Å². The van der Waals surface area contributed by atoms with Crippen LogP contribution in [0.2, 0.25) is 0 Å². The summed E-state index contributed by atoms with van der Waals surface area (Å²) in [6.07, 6.45) is 0. The van der Waals surface area contributed by atoms with Gasteiger partial charge in [0.15, 0.2) is 5.78 Å². The van der Waals surface area contributed by atoms with Crippen LogP contribution in [0.3, 0.4) is 0 Å². The Hall–Kier alpha value is -2.17. The Bertz CT molecular complexity index is 536. The maximum absolute atomic E-state index is 13.4. The third-order valence-corrected chi connectivity index (χ3v) is 2.59. The number of hydrogen-bond acceptors (Lipinski definition) is 3. The van der Waals surface area contributed by atoms with E-state index < -0.39 is 23.3 Å². The summed E-state index contributed by atoms with van der Waals surface area (Å²) < 4.78 is 13.4. The average Bonchev–Trinajstić information content (AvgIpc) is 2.53. The molecule has 0 aliphatic carbocycles. The van der Waals surface area contributed by atoms with Gasteiger partial charge in [0.2, 0.25) is 0 Å². The van der Waals surface area contributed by atoms with Crippen molar-refractivity contribution in [3.05, 3.63) is 41.2 Å². The highest BCUT2D eigenvalue weighted by atomic mass is 19.1. The van der Waals surface area contributed by atoms with Crippen LogP contribution in [0.15, 0.2) is 29.8 Å². The number of benzene rings is 1. The molecule has 0 aromatic heterocycles. The van der Waals surface area contributed by atoms with E-state index in [2.05, 4.69) is 0 Å². The lowest BCUT2D eigenvalue weighted by atomic mass is 10.1. The highest BCUT2D eigenvalue weighted by molar-refractivity contribution is 6.28. The first-order valence-electron chi connectivity index (χ1n) is 4.99. The number of carbonyl (C=O) groups is 2. The van der Waals surface area contributed by atoms with Gasteiger partial charge in [-0.3, -0.25) is 9.59 Å². The van der Waals surface area contributed by atoms with E-state index in [1.807, 2.05) is 0 Å². The monoisotopic (exact) mass is 235 g/mol. The van der Waals surface area contributed by atoms with E-state index in [1.54, 1.807) is 0 Å². The van der Waals surface area contributed by atoms with E-state index in [0.717, 1.165) is 6.07 Å². The molecule has 1 aromatic rings. The predicted molar refractivity (Wildman–Crippen MR) is 58.6 cm³/mol. The van der Waals surface area contributed by atoms with Crippen molar-refractivity contribution in [3.63, 3.8) is 0 Å². The first kappa shape index (κ1) is 11.3. The van der Waals surface area contributed by atoms with Crippen molar-refractivity contribution in [1.29, 1.82) is 0 Å². The molecule has 0 radical (unpaired) electrons. The van der Waals surface area contributed by atoms with Gasteiger partial charge >= 0.3 is 0 Å². The molecule has 1 amide bonds. The molecule has 0 atom stereocenters. The van der Waals surface area contributed by atoms with E-state index in [0.29, 0.717) is 0 Å². The quantitative estimate of drug-likeness (QED) is 0.451. The molecule has 0 unspecified atom stereocenters. The molecule has 0 bridgehead atoms. The Labute approximate surface area is 97.0 Å². The molecule has 0 saturated carbocycles. The third-order valence-electron chi connectivity index (χ3n) is 2.59. The van der Waals surface area contributed by atoms with Crippen LogP contribution in [0.1, 0.15) is 5.56 Å². The Morgan fingerprint density at radius 2 is 2.00 bits per heavy atom. The summed E-state index contributed by atoms with van der Waals surface area (Å²) in [6.45, 7) is -0.0906. The summed E-state index contributed by atoms with van der Waals surface area (Å²) in [4.78, 5) is 24.3. The van der Waals surface area contributed by atoms with Crippen molar-refractivity contribution >= 4 is 17.4 Å². The minimum absolute atomic E-state index is 0.0906. The van der Waals surface area contributed by atoms with Gasteiger partial charge in [0.1, 0.15) is 17.1 Å². The van der Waals surface area contributed by atoms with Crippen molar-refractivity contribution in [2.45, 2.75) is 0 Å². The maximum atomic E-state index is 13.4. The van der Waals surface area contributed by atoms with E-state index >= 15 is 0 Å². The van der Waals surface area contributed by atoms with Gasteiger partial charge < -0.3 is 10.0 Å². The smallest absolute Gasteiger partial charge is 0.261 e. The third kappa shape index (κ3) is 1.80. The van der Waals surface area contributed by atoms with Crippen LogP contribution in [0, 0.1) is 5.82 Å². The van der Waals surface area contributed by atoms with Crippen molar-refractivity contribution < 1.29 is 19.1 Å². The van der Waals surface area contributed by atoms with Gasteiger partial charge in [0, 0.05) is 7.05 Å². The zero-order chi connectivity index (χ0) is 12.6. The fourth-order valence-corrected chi connectivity index (χ4v) is 1.70. The van der Waals surface area contributed by atoms with Gasteiger partial charge in [0.05, 0.1) is 12.1 Å². The second-order valence-electron chi connectivity index (χ2n) is 3.79. The Morgan fingerprint density at radius 3 is 2.53 bits per heavy atom. The van der Waals surface area contributed by atoms with Crippen molar-refractivity contribution in [2.24, 2.45) is 0 Å². The van der Waals surface area contributed by atoms with Gasteiger partial charge in [-0.05, 0) is 12.1 Å². The van der Waals surface area contributed by atoms with Crippen LogP contribution < -0.4 is 0 Å². The largest absolute Gasteiger partial charge is 0.506 e. The molecule has 88 valence electrons. The summed E-state index contributed by atoms with van der Waals surface area (Å²) in [5.74, 6) is -2.36. The number of nitrogens with zero attached hydrogens (tertiary/aromatic N) is 1. The lowest BCUT2D eigenvalue weighted by Crippen LogP contribution is -2.19. The maximum Gasteiger partial charge on any atom is 0.261 e. The molecule has 1 fully saturated rings. The van der Waals surface area contributed by atoms with Crippen molar-refractivity contribution in [2.75, 3.05) is 13.6 Å². The minimum atomic E-state index is -0.673. The molecule has 1 aliphatic rings. The number of hydrogen-bond donors (Lipinski definition) is 1. The van der Waals surface area contributed by atoms with Crippen molar-refractivity contribution in [1.82, 2.24) is 4.90 Å². The summed E-state index contributed by atoms with van der Waals surface area (Å²) in [7, 11) is 1.45. The molecular formula is C12H10FNO3. The molecule has 17 heavy (non-hydrogen) atoms. The molecule has 4 nitrogen and oxygen atoms in total. The van der Waals surface area contributed by atoms with Crippen LogP contribution in [0.25, 0.3) is 5.76 Å². The summed E-state index contributed by atoms with van der Waals surface area (Å²) in [6, 6.07) is 5.44. The van der Waals surface area contributed by atoms with Crippen LogP contribution in [0.5, 0.6) is 0 Å². The summed E-state index contributed by atoms with van der Waals surface area (Å²) in [5, 5.41) is 9.83. The van der Waals surface area contributed by atoms with Gasteiger partial charge in [-0.15, -0.1) is 0 Å². The highest BCUT2D eigenvalue weighted by Crippen LogP contribution is 2.24. The molecular weight excluding hydrogens is 225 g/mol. The van der Waals surface area contributed by atoms with Gasteiger partial charge in [0.25, 0.3) is 5.91 Å². The molecule has 1 N–H and O–H groups in total. The summed E-state index contributed by atoms with van der Waals surface area (Å²) >= 11 is 0. The number of likely N-dealkylation sites (N-methyl/N-ethyl adjacent to an activating group) is 1. The number of Topliss-reactive ketones (excluding diaryl/α,β-unsaturated/α-hetero) is 1. The number of halogens is 1. The number of ketones is 1. The fraction of sp³-hybridized carbons (Fsp3) is 0.167. The lowest BCUT2D eigenvalue weighted by molar-refractivity contribution is -0.123. The second-order valence-corrected chi connectivity index (χ2v) is 3.79. The highest BCUT2D eigenvalue weighted by Gasteiger charge is 2.35. The first-order valence-corrected chi connectivity index (χ1v) is 4.99. The molecule has 1 aliphatic heterocycles. The molecule has 1 aromatic carbocycles. The molecule has 5 heteroatoms. The van der Waals surface area contributed by atoms with Crippen LogP contribution in [-0.2, 0) is 9.59 Å². The van der Waals surface area contributed by atoms with E-state index in [-0.39, 0.29) is 17.7 Å². The fourth-order valence-electron chi connectivity index (χ4n) is 1.70. The first-order chi connectivity index (χ1) is 8.02. The SMILES string of the molecule is CN1CC(=O)/C(=C(/O)c2ccccc2F)C1=O. The van der Waals surface area contributed by atoms with Crippen LogP contribution in [-0.4, -0.2) is 35.3 Å². The Balaban J connectivity index is 2.56. The number of rotatable bonds is 1. The number of aliphatic hydroxyl groups is 1. The average molecular weight is 235 g/mol. The molecule has 2 rings (SSSR count). The second kappa shape index (κ2) is 4.01. The zero-order valence-electron chi connectivity index (χ0n) is 9.11. The number of amides is 1. The Morgan fingerprint density at radius 1 is 1.35 bits per heavy atom. The molecule has 0 spiro atoms. The van der Waals surface area contributed by atoms with Crippen LogP contribution in [0.4, 0.5) is 4.39 Å². The van der Waals surface area contributed by atoms with Crippen LogP contribution >= 0.6 is 0 Å². The van der Waals surface area contributed by atoms with E-state index in [1.165, 1.54) is 30.1 Å².